The van der Waals surface area contributed by atoms with Crippen molar-refractivity contribution in [3.63, 3.8) is 0 Å². The van der Waals surface area contributed by atoms with Gasteiger partial charge in [-0.15, -0.1) is 36.2 Å². The van der Waals surface area contributed by atoms with Crippen LogP contribution in [0, 0.1) is 0 Å². The highest BCUT2D eigenvalue weighted by molar-refractivity contribution is 8.08. The molecule has 1 atom stereocenters. The van der Waals surface area contributed by atoms with Crippen LogP contribution in [0.15, 0.2) is 52.9 Å². The van der Waals surface area contributed by atoms with Gasteiger partial charge in [-0.2, -0.15) is 0 Å². The van der Waals surface area contributed by atoms with Gasteiger partial charge in [0, 0.05) is 47.5 Å². The molecule has 2 aromatic heterocycles. The van der Waals surface area contributed by atoms with Crippen molar-refractivity contribution in [3.05, 3.63) is 75.2 Å². The number of pyridine rings is 1. The van der Waals surface area contributed by atoms with E-state index in [1.807, 2.05) is 29.3 Å². The van der Waals surface area contributed by atoms with Crippen LogP contribution in [0.4, 0.5) is 0 Å². The number of benzene rings is 1. The van der Waals surface area contributed by atoms with E-state index in [0.717, 1.165) is 50.0 Å². The summed E-state index contributed by atoms with van der Waals surface area (Å²) in [6.07, 6.45) is 6.48. The summed E-state index contributed by atoms with van der Waals surface area (Å²) < 4.78 is 6.73. The van der Waals surface area contributed by atoms with Gasteiger partial charge in [0.2, 0.25) is 0 Å². The second-order valence-electron chi connectivity index (χ2n) is 9.16. The van der Waals surface area contributed by atoms with E-state index in [4.69, 9.17) is 9.72 Å². The zero-order chi connectivity index (χ0) is 23.5. The predicted molar refractivity (Wildman–Crippen MR) is 158 cm³/mol. The highest BCUT2D eigenvalue weighted by Gasteiger charge is 2.29. The molecule has 3 aromatic rings. The number of likely N-dealkylation sites (N-methyl/N-ethyl adjacent to an activating group) is 1. The first-order chi connectivity index (χ1) is 16.7. The van der Waals surface area contributed by atoms with Crippen LogP contribution in [0.25, 0.3) is 11.1 Å². The maximum atomic E-state index is 5.32. The molecule has 36 heavy (non-hydrogen) atoms. The number of methoxy groups -OCH3 is 1. The van der Waals surface area contributed by atoms with Gasteiger partial charge in [0.1, 0.15) is 5.75 Å². The van der Waals surface area contributed by atoms with E-state index in [0.29, 0.717) is 6.04 Å². The quantitative estimate of drug-likeness (QED) is 0.394. The Kier molecular flexibility index (Phi) is 10.6. The second-order valence-corrected chi connectivity index (χ2v) is 11.4. The SMILES string of the molecule is CCCc1cc2c(s1)SC=c1cccnc1=C2N1CCN(C)C(CCc2ccc(OC)cc2)C1.Cl.Cl. The van der Waals surface area contributed by atoms with Gasteiger partial charge in [-0.3, -0.25) is 9.88 Å². The van der Waals surface area contributed by atoms with E-state index in [-0.39, 0.29) is 24.8 Å². The molecule has 5 rings (SSSR count). The fraction of sp³-hybridized carbons (Fsp3) is 0.393. The number of thioether (sulfide) groups is 1. The number of rotatable bonds is 7. The lowest BCUT2D eigenvalue weighted by molar-refractivity contribution is 0.127. The third-order valence-corrected chi connectivity index (χ3v) is 9.21. The summed E-state index contributed by atoms with van der Waals surface area (Å²) in [6.45, 7) is 5.39. The molecule has 0 N–H and O–H groups in total. The van der Waals surface area contributed by atoms with Crippen molar-refractivity contribution in [3.8, 4) is 5.75 Å². The topological polar surface area (TPSA) is 28.6 Å². The fourth-order valence-corrected chi connectivity index (χ4v) is 7.26. The molecule has 0 radical (unpaired) electrons. The van der Waals surface area contributed by atoms with Crippen LogP contribution in [-0.4, -0.2) is 54.6 Å². The van der Waals surface area contributed by atoms with E-state index in [1.54, 1.807) is 7.11 Å². The van der Waals surface area contributed by atoms with Crippen LogP contribution in [0.2, 0.25) is 0 Å². The Labute approximate surface area is 235 Å². The molecule has 0 amide bonds. The molecule has 2 aliphatic rings. The van der Waals surface area contributed by atoms with Gasteiger partial charge in [-0.05, 0) is 61.5 Å². The molecule has 0 spiro atoms. The van der Waals surface area contributed by atoms with Crippen LogP contribution in [0.3, 0.4) is 0 Å². The van der Waals surface area contributed by atoms with Crippen LogP contribution in [0.5, 0.6) is 5.75 Å². The molecule has 1 unspecified atom stereocenters. The summed E-state index contributed by atoms with van der Waals surface area (Å²) in [7, 11) is 4.00. The zero-order valence-corrected chi connectivity index (χ0v) is 24.4. The number of piperazine rings is 1. The summed E-state index contributed by atoms with van der Waals surface area (Å²) in [6, 6.07) is 15.7. The first-order valence-electron chi connectivity index (χ1n) is 12.2. The highest BCUT2D eigenvalue weighted by Crippen LogP contribution is 2.39. The number of hydrogen-bond acceptors (Lipinski definition) is 6. The van der Waals surface area contributed by atoms with Gasteiger partial charge >= 0.3 is 0 Å². The van der Waals surface area contributed by atoms with E-state index < -0.39 is 0 Å². The molecule has 0 aliphatic carbocycles. The summed E-state index contributed by atoms with van der Waals surface area (Å²) >= 11 is 3.82. The fourth-order valence-electron chi connectivity index (χ4n) is 4.91. The maximum Gasteiger partial charge on any atom is 0.118 e. The molecule has 1 saturated heterocycles. The van der Waals surface area contributed by atoms with Crippen LogP contribution < -0.4 is 15.3 Å². The lowest BCUT2D eigenvalue weighted by Crippen LogP contribution is -2.52. The number of nitrogens with zero attached hydrogens (tertiary/aromatic N) is 3. The zero-order valence-electron chi connectivity index (χ0n) is 21.1. The average molecular weight is 565 g/mol. The minimum Gasteiger partial charge on any atom is -0.497 e. The van der Waals surface area contributed by atoms with Crippen molar-refractivity contribution in [2.75, 3.05) is 33.8 Å². The summed E-state index contributed by atoms with van der Waals surface area (Å²) in [5.41, 5.74) is 4.08. The van der Waals surface area contributed by atoms with Gasteiger partial charge in [-0.25, -0.2) is 0 Å². The number of aryl methyl sites for hydroxylation is 2. The number of hydrogen-bond donors (Lipinski definition) is 0. The van der Waals surface area contributed by atoms with Crippen LogP contribution in [0.1, 0.15) is 35.8 Å². The molecule has 4 heterocycles. The van der Waals surface area contributed by atoms with Crippen molar-refractivity contribution < 1.29 is 4.74 Å². The third kappa shape index (κ3) is 6.22. The number of ether oxygens (including phenoxy) is 1. The molecular formula is C28H35Cl2N3OS2. The van der Waals surface area contributed by atoms with Gasteiger partial charge in [0.15, 0.2) is 0 Å². The first kappa shape index (κ1) is 28.9. The lowest BCUT2D eigenvalue weighted by Gasteiger charge is -2.41. The highest BCUT2D eigenvalue weighted by atomic mass is 35.5. The van der Waals surface area contributed by atoms with Gasteiger partial charge in [0.25, 0.3) is 0 Å². The number of fused-ring (bicyclic) bond motifs is 2. The van der Waals surface area contributed by atoms with Crippen molar-refractivity contribution in [1.82, 2.24) is 14.8 Å². The van der Waals surface area contributed by atoms with Crippen molar-refractivity contribution in [1.29, 1.82) is 0 Å². The Bertz CT molecular complexity index is 1260. The van der Waals surface area contributed by atoms with Crippen LogP contribution >= 0.6 is 47.9 Å². The Morgan fingerprint density at radius 3 is 2.64 bits per heavy atom. The molecular weight excluding hydrogens is 529 g/mol. The van der Waals surface area contributed by atoms with Gasteiger partial charge < -0.3 is 9.64 Å². The smallest absolute Gasteiger partial charge is 0.118 e. The summed E-state index contributed by atoms with van der Waals surface area (Å²) in [4.78, 5) is 11.5. The lowest BCUT2D eigenvalue weighted by atomic mass is 10.0. The van der Waals surface area contributed by atoms with Crippen molar-refractivity contribution in [2.45, 2.75) is 42.9 Å². The minimum absolute atomic E-state index is 0. The Morgan fingerprint density at radius 2 is 1.89 bits per heavy atom. The molecule has 0 bridgehead atoms. The molecule has 0 saturated carbocycles. The van der Waals surface area contributed by atoms with Gasteiger partial charge in [-0.1, -0.05) is 43.3 Å². The maximum absolute atomic E-state index is 5.32. The molecule has 194 valence electrons. The summed E-state index contributed by atoms with van der Waals surface area (Å²) in [5.74, 6) is 0.921. The van der Waals surface area contributed by atoms with Gasteiger partial charge in [0.05, 0.1) is 22.4 Å². The third-order valence-electron chi connectivity index (χ3n) is 6.88. The Morgan fingerprint density at radius 1 is 1.08 bits per heavy atom. The number of halogens is 2. The number of aromatic nitrogens is 1. The van der Waals surface area contributed by atoms with E-state index in [9.17, 15) is 0 Å². The summed E-state index contributed by atoms with van der Waals surface area (Å²) in [5, 5.41) is 4.65. The molecule has 4 nitrogen and oxygen atoms in total. The van der Waals surface area contributed by atoms with E-state index in [2.05, 4.69) is 71.6 Å². The monoisotopic (exact) mass is 563 g/mol. The molecule has 1 fully saturated rings. The van der Waals surface area contributed by atoms with E-state index in [1.165, 1.54) is 37.5 Å². The Balaban J connectivity index is 0.00000180. The largest absolute Gasteiger partial charge is 0.497 e. The first-order valence-corrected chi connectivity index (χ1v) is 13.9. The Hall–Kier alpha value is -1.70. The molecule has 2 aliphatic heterocycles. The number of thiophene rings is 1. The van der Waals surface area contributed by atoms with Crippen molar-refractivity contribution in [2.24, 2.45) is 0 Å². The minimum atomic E-state index is 0. The van der Waals surface area contributed by atoms with Crippen molar-refractivity contribution >= 4 is 59.0 Å². The second kappa shape index (κ2) is 13.2. The molecule has 8 heteroatoms. The van der Waals surface area contributed by atoms with E-state index >= 15 is 0 Å². The average Bonchev–Trinajstić information content (AvgIpc) is 3.19. The molecule has 1 aromatic carbocycles. The normalized spacial score (nSPS) is 17.1. The standard InChI is InChI=1S/C28H33N3OS2.2ClH/c1-4-6-24-17-25-27(26-21(7-5-14-29-26)19-33-28(25)34-24)31-16-15-30(2)22(18-31)11-8-20-9-12-23(32-3)13-10-20;;/h5,7,9-10,12-14,17,19,22H,4,6,8,11,15-16,18H2,1-3H3;2*1H. The van der Waals surface area contributed by atoms with Crippen LogP contribution in [-0.2, 0) is 12.8 Å². The predicted octanol–water partition coefficient (Wildman–Crippen LogP) is 5.20.